The first-order valence-corrected chi connectivity index (χ1v) is 6.16. The largest absolute Gasteiger partial charge is 0.507 e. The number of hydrogen-bond acceptors (Lipinski definition) is 3. The van der Waals surface area contributed by atoms with Crippen LogP contribution in [0.25, 0.3) is 0 Å². The van der Waals surface area contributed by atoms with Gasteiger partial charge in [-0.3, -0.25) is 9.59 Å². The van der Waals surface area contributed by atoms with Crippen LogP contribution in [0, 0.1) is 6.92 Å². The summed E-state index contributed by atoms with van der Waals surface area (Å²) in [5.41, 5.74) is 0.826. The summed E-state index contributed by atoms with van der Waals surface area (Å²) in [5, 5.41) is 18.6. The monoisotopic (exact) mass is 265 g/mol. The number of carboxylic acid groups (broad SMARTS) is 1. The van der Waals surface area contributed by atoms with E-state index in [0.29, 0.717) is 5.56 Å². The molecule has 1 amide bonds. The zero-order valence-corrected chi connectivity index (χ0v) is 11.4. The van der Waals surface area contributed by atoms with Crippen LogP contribution in [0.15, 0.2) is 18.2 Å². The molecule has 104 valence electrons. The summed E-state index contributed by atoms with van der Waals surface area (Å²) in [6.07, 6.45) is -0.115. The zero-order chi connectivity index (χ0) is 14.6. The second-order valence-electron chi connectivity index (χ2n) is 4.71. The Kier molecular flexibility index (Phi) is 4.92. The van der Waals surface area contributed by atoms with Crippen LogP contribution in [0.3, 0.4) is 0 Å². The van der Waals surface area contributed by atoms with Crippen molar-refractivity contribution in [1.29, 1.82) is 0 Å². The van der Waals surface area contributed by atoms with Gasteiger partial charge in [-0.15, -0.1) is 0 Å². The standard InChI is InChI=1S/C14H19NO4/c1-9(2)15(8-7-12(16)17)14(19)11-6-4-5-10(3)13(11)18/h4-6,9,18H,7-8H2,1-3H3,(H,16,17). The number of benzene rings is 1. The number of rotatable bonds is 5. The minimum atomic E-state index is -0.952. The number of aromatic hydroxyl groups is 1. The van der Waals surface area contributed by atoms with Gasteiger partial charge in [0.2, 0.25) is 0 Å². The van der Waals surface area contributed by atoms with Crippen LogP contribution in [0.5, 0.6) is 5.75 Å². The van der Waals surface area contributed by atoms with Crippen molar-refractivity contribution < 1.29 is 19.8 Å². The van der Waals surface area contributed by atoms with Crippen molar-refractivity contribution in [3.63, 3.8) is 0 Å². The molecule has 0 bridgehead atoms. The Balaban J connectivity index is 2.99. The number of carbonyl (C=O) groups excluding carboxylic acids is 1. The molecular weight excluding hydrogens is 246 g/mol. The normalized spacial score (nSPS) is 10.5. The molecule has 0 fully saturated rings. The van der Waals surface area contributed by atoms with Crippen LogP contribution in [0.1, 0.15) is 36.2 Å². The van der Waals surface area contributed by atoms with E-state index in [-0.39, 0.29) is 36.2 Å². The average molecular weight is 265 g/mol. The molecule has 0 saturated heterocycles. The van der Waals surface area contributed by atoms with Gasteiger partial charge in [-0.1, -0.05) is 12.1 Å². The summed E-state index contributed by atoms with van der Waals surface area (Å²) in [6.45, 7) is 5.46. The van der Waals surface area contributed by atoms with E-state index in [4.69, 9.17) is 5.11 Å². The molecule has 0 atom stereocenters. The fraction of sp³-hybridized carbons (Fsp3) is 0.429. The predicted octanol–water partition coefficient (Wildman–Crippen LogP) is 2.03. The topological polar surface area (TPSA) is 77.8 Å². The fourth-order valence-corrected chi connectivity index (χ4v) is 1.80. The highest BCUT2D eigenvalue weighted by molar-refractivity contribution is 5.97. The molecule has 0 aliphatic rings. The van der Waals surface area contributed by atoms with Crippen molar-refractivity contribution in [2.24, 2.45) is 0 Å². The number of aliphatic carboxylic acids is 1. The highest BCUT2D eigenvalue weighted by atomic mass is 16.4. The Hall–Kier alpha value is -2.04. The van der Waals surface area contributed by atoms with Gasteiger partial charge in [0.05, 0.1) is 12.0 Å². The summed E-state index contributed by atoms with van der Waals surface area (Å²) >= 11 is 0. The van der Waals surface area contributed by atoms with Gasteiger partial charge in [-0.25, -0.2) is 0 Å². The van der Waals surface area contributed by atoms with E-state index in [0.717, 1.165) is 0 Å². The predicted molar refractivity (Wildman–Crippen MR) is 71.3 cm³/mol. The van der Waals surface area contributed by atoms with Crippen molar-refractivity contribution in [3.8, 4) is 5.75 Å². The number of carbonyl (C=O) groups is 2. The van der Waals surface area contributed by atoms with Gasteiger partial charge in [0, 0.05) is 12.6 Å². The van der Waals surface area contributed by atoms with Crippen molar-refractivity contribution in [2.45, 2.75) is 33.2 Å². The molecule has 0 spiro atoms. The quantitative estimate of drug-likeness (QED) is 0.853. The first-order valence-electron chi connectivity index (χ1n) is 6.16. The van der Waals surface area contributed by atoms with Crippen molar-refractivity contribution in [1.82, 2.24) is 4.90 Å². The lowest BCUT2D eigenvalue weighted by Gasteiger charge is -2.26. The van der Waals surface area contributed by atoms with E-state index in [9.17, 15) is 14.7 Å². The van der Waals surface area contributed by atoms with E-state index >= 15 is 0 Å². The Morgan fingerprint density at radius 2 is 1.95 bits per heavy atom. The van der Waals surface area contributed by atoms with Gasteiger partial charge < -0.3 is 15.1 Å². The molecule has 0 radical (unpaired) electrons. The molecule has 0 unspecified atom stereocenters. The first-order chi connectivity index (χ1) is 8.84. The minimum Gasteiger partial charge on any atom is -0.507 e. The lowest BCUT2D eigenvalue weighted by atomic mass is 10.1. The van der Waals surface area contributed by atoms with Gasteiger partial charge >= 0.3 is 5.97 Å². The first kappa shape index (κ1) is 15.0. The summed E-state index contributed by atoms with van der Waals surface area (Å²) in [5.74, 6) is -1.35. The molecule has 5 nitrogen and oxygen atoms in total. The van der Waals surface area contributed by atoms with Crippen LogP contribution >= 0.6 is 0 Å². The molecular formula is C14H19NO4. The van der Waals surface area contributed by atoms with Crippen molar-refractivity contribution >= 4 is 11.9 Å². The molecule has 19 heavy (non-hydrogen) atoms. The lowest BCUT2D eigenvalue weighted by molar-refractivity contribution is -0.137. The highest BCUT2D eigenvalue weighted by Gasteiger charge is 2.22. The molecule has 1 aromatic rings. The summed E-state index contributed by atoms with van der Waals surface area (Å²) < 4.78 is 0. The maximum Gasteiger partial charge on any atom is 0.305 e. The maximum absolute atomic E-state index is 12.3. The molecule has 0 saturated carbocycles. The fourth-order valence-electron chi connectivity index (χ4n) is 1.80. The van der Waals surface area contributed by atoms with Gasteiger partial charge in [0.25, 0.3) is 5.91 Å². The number of amides is 1. The number of aryl methyl sites for hydroxylation is 1. The zero-order valence-electron chi connectivity index (χ0n) is 11.4. The SMILES string of the molecule is Cc1cccc(C(=O)N(CCC(=O)O)C(C)C)c1O. The average Bonchev–Trinajstić information content (AvgIpc) is 2.31. The number of para-hydroxylation sites is 1. The smallest absolute Gasteiger partial charge is 0.305 e. The van der Waals surface area contributed by atoms with Gasteiger partial charge in [0.15, 0.2) is 0 Å². The number of carboxylic acids is 1. The molecule has 5 heteroatoms. The summed E-state index contributed by atoms with van der Waals surface area (Å²) in [7, 11) is 0. The Morgan fingerprint density at radius 3 is 2.47 bits per heavy atom. The van der Waals surface area contributed by atoms with Gasteiger partial charge in [-0.2, -0.15) is 0 Å². The van der Waals surface area contributed by atoms with E-state index in [2.05, 4.69) is 0 Å². The molecule has 0 aliphatic heterocycles. The summed E-state index contributed by atoms with van der Waals surface area (Å²) in [4.78, 5) is 24.4. The molecule has 0 aliphatic carbocycles. The molecule has 2 N–H and O–H groups in total. The third-order valence-electron chi connectivity index (χ3n) is 2.92. The maximum atomic E-state index is 12.3. The molecule has 0 aromatic heterocycles. The Bertz CT molecular complexity index is 482. The number of nitrogens with zero attached hydrogens (tertiary/aromatic N) is 1. The van der Waals surface area contributed by atoms with Crippen LogP contribution in [-0.2, 0) is 4.79 Å². The molecule has 0 heterocycles. The number of phenolic OH excluding ortho intramolecular Hbond substituents is 1. The van der Waals surface area contributed by atoms with Gasteiger partial charge in [-0.05, 0) is 32.4 Å². The second kappa shape index (κ2) is 6.22. The highest BCUT2D eigenvalue weighted by Crippen LogP contribution is 2.23. The van der Waals surface area contributed by atoms with E-state index in [1.807, 2.05) is 13.8 Å². The van der Waals surface area contributed by atoms with Crippen molar-refractivity contribution in [2.75, 3.05) is 6.54 Å². The third-order valence-corrected chi connectivity index (χ3v) is 2.92. The Labute approximate surface area is 112 Å². The minimum absolute atomic E-state index is 0.0477. The lowest BCUT2D eigenvalue weighted by Crippen LogP contribution is -2.38. The van der Waals surface area contributed by atoms with E-state index in [1.165, 1.54) is 4.90 Å². The van der Waals surface area contributed by atoms with Crippen LogP contribution in [0.4, 0.5) is 0 Å². The number of phenols is 1. The van der Waals surface area contributed by atoms with Crippen LogP contribution in [0.2, 0.25) is 0 Å². The van der Waals surface area contributed by atoms with Crippen LogP contribution < -0.4 is 0 Å². The molecule has 1 aromatic carbocycles. The third kappa shape index (κ3) is 3.71. The van der Waals surface area contributed by atoms with Crippen molar-refractivity contribution in [3.05, 3.63) is 29.3 Å². The van der Waals surface area contributed by atoms with E-state index in [1.54, 1.807) is 25.1 Å². The van der Waals surface area contributed by atoms with Gasteiger partial charge in [0.1, 0.15) is 5.75 Å². The van der Waals surface area contributed by atoms with Crippen LogP contribution in [-0.4, -0.2) is 39.6 Å². The Morgan fingerprint density at radius 1 is 1.32 bits per heavy atom. The van der Waals surface area contributed by atoms with E-state index < -0.39 is 5.97 Å². The molecule has 1 rings (SSSR count). The summed E-state index contributed by atoms with van der Waals surface area (Å²) in [6, 6.07) is 4.81. The number of hydrogen-bond donors (Lipinski definition) is 2. The second-order valence-corrected chi connectivity index (χ2v) is 4.71.